The second-order valence-corrected chi connectivity index (χ2v) is 6.50. The minimum absolute atomic E-state index is 0.00930. The van der Waals surface area contributed by atoms with Crippen molar-refractivity contribution in [3.05, 3.63) is 63.7 Å². The monoisotopic (exact) mass is 398 g/mol. The van der Waals surface area contributed by atoms with E-state index in [2.05, 4.69) is 10.5 Å². The molecule has 1 fully saturated rings. The van der Waals surface area contributed by atoms with Crippen LogP contribution in [0.3, 0.4) is 0 Å². The number of nitro benzene ring substituents is 1. The molecule has 9 nitrogen and oxygen atoms in total. The molecule has 0 atom stereocenters. The number of hydrogen-bond donors (Lipinski definition) is 1. The van der Waals surface area contributed by atoms with Crippen LogP contribution >= 0.6 is 0 Å². The maximum atomic E-state index is 11.9. The van der Waals surface area contributed by atoms with Crippen molar-refractivity contribution in [2.24, 2.45) is 5.10 Å². The van der Waals surface area contributed by atoms with Crippen LogP contribution in [0.5, 0.6) is 5.75 Å². The van der Waals surface area contributed by atoms with E-state index in [4.69, 9.17) is 9.47 Å². The standard InChI is InChI=1S/C20H22N4O5/c1-15-3-2-4-17(11-15)29-14-20(25)22-21-13-16-5-6-18(19(12-16)24(26)27)23-7-9-28-10-8-23/h2-6,11-13H,7-10,14H2,1H3,(H,22,25). The molecule has 2 aromatic rings. The Bertz CT molecular complexity index is 909. The summed E-state index contributed by atoms with van der Waals surface area (Å²) in [5, 5.41) is 15.3. The smallest absolute Gasteiger partial charge is 0.293 e. The van der Waals surface area contributed by atoms with Crippen molar-refractivity contribution in [3.63, 3.8) is 0 Å². The van der Waals surface area contributed by atoms with Crippen molar-refractivity contribution in [1.82, 2.24) is 5.43 Å². The number of anilines is 1. The Morgan fingerprint density at radius 3 is 2.83 bits per heavy atom. The van der Waals surface area contributed by atoms with Gasteiger partial charge in [0.05, 0.1) is 24.4 Å². The van der Waals surface area contributed by atoms with Crippen molar-refractivity contribution in [2.75, 3.05) is 37.8 Å². The maximum Gasteiger partial charge on any atom is 0.293 e. The van der Waals surface area contributed by atoms with E-state index in [1.165, 1.54) is 12.3 Å². The lowest BCUT2D eigenvalue weighted by Gasteiger charge is -2.28. The number of amides is 1. The quantitative estimate of drug-likeness (QED) is 0.436. The zero-order valence-electron chi connectivity index (χ0n) is 16.0. The van der Waals surface area contributed by atoms with Gasteiger partial charge in [-0.2, -0.15) is 5.10 Å². The molecule has 0 saturated carbocycles. The van der Waals surface area contributed by atoms with E-state index < -0.39 is 10.8 Å². The highest BCUT2D eigenvalue weighted by Crippen LogP contribution is 2.29. The predicted molar refractivity (Wildman–Crippen MR) is 109 cm³/mol. The molecule has 152 valence electrons. The Kier molecular flexibility index (Phi) is 6.75. The minimum Gasteiger partial charge on any atom is -0.484 e. The fourth-order valence-electron chi connectivity index (χ4n) is 2.90. The molecule has 0 radical (unpaired) electrons. The van der Waals surface area contributed by atoms with E-state index in [-0.39, 0.29) is 12.3 Å². The molecule has 29 heavy (non-hydrogen) atoms. The van der Waals surface area contributed by atoms with Crippen LogP contribution in [-0.2, 0) is 9.53 Å². The largest absolute Gasteiger partial charge is 0.484 e. The summed E-state index contributed by atoms with van der Waals surface area (Å²) < 4.78 is 10.7. The van der Waals surface area contributed by atoms with Gasteiger partial charge in [-0.15, -0.1) is 0 Å². The van der Waals surface area contributed by atoms with Crippen molar-refractivity contribution >= 4 is 23.5 Å². The molecule has 9 heteroatoms. The number of nitrogens with zero attached hydrogens (tertiary/aromatic N) is 3. The number of carbonyl (C=O) groups is 1. The first-order valence-electron chi connectivity index (χ1n) is 9.15. The number of nitro groups is 1. The Balaban J connectivity index is 1.58. The van der Waals surface area contributed by atoms with Gasteiger partial charge in [-0.05, 0) is 30.7 Å². The van der Waals surface area contributed by atoms with Gasteiger partial charge in [-0.1, -0.05) is 18.2 Å². The summed E-state index contributed by atoms with van der Waals surface area (Å²) in [4.78, 5) is 24.8. The molecule has 2 aromatic carbocycles. The topological polar surface area (TPSA) is 106 Å². The van der Waals surface area contributed by atoms with Crippen LogP contribution in [0.25, 0.3) is 0 Å². The van der Waals surface area contributed by atoms with E-state index in [1.54, 1.807) is 18.2 Å². The Morgan fingerprint density at radius 1 is 1.31 bits per heavy atom. The Morgan fingerprint density at radius 2 is 2.10 bits per heavy atom. The molecule has 3 rings (SSSR count). The van der Waals surface area contributed by atoms with E-state index >= 15 is 0 Å². The van der Waals surface area contributed by atoms with Crippen molar-refractivity contribution in [1.29, 1.82) is 0 Å². The highest BCUT2D eigenvalue weighted by Gasteiger charge is 2.21. The molecular weight excluding hydrogens is 376 g/mol. The number of benzene rings is 2. The predicted octanol–water partition coefficient (Wildman–Crippen LogP) is 2.27. The molecule has 0 aromatic heterocycles. The van der Waals surface area contributed by atoms with Gasteiger partial charge in [-0.25, -0.2) is 5.43 Å². The average Bonchev–Trinajstić information content (AvgIpc) is 2.73. The Hall–Kier alpha value is -3.46. The number of hydrogen-bond acceptors (Lipinski definition) is 7. The number of aryl methyl sites for hydroxylation is 1. The Labute approximate surface area is 168 Å². The number of nitrogens with one attached hydrogen (secondary N) is 1. The molecule has 0 unspecified atom stereocenters. The van der Waals surface area contributed by atoms with E-state index in [1.807, 2.05) is 30.0 Å². The zero-order chi connectivity index (χ0) is 20.6. The molecule has 1 aliphatic rings. The molecule has 0 spiro atoms. The van der Waals surface area contributed by atoms with Crippen molar-refractivity contribution in [3.8, 4) is 5.75 Å². The maximum absolute atomic E-state index is 11.9. The van der Waals surface area contributed by atoms with Crippen LogP contribution in [0.15, 0.2) is 47.6 Å². The van der Waals surface area contributed by atoms with Gasteiger partial charge < -0.3 is 14.4 Å². The molecule has 1 amide bonds. The first-order chi connectivity index (χ1) is 14.0. The third-order valence-electron chi connectivity index (χ3n) is 4.31. The molecule has 0 bridgehead atoms. The summed E-state index contributed by atoms with van der Waals surface area (Å²) in [6.45, 7) is 4.03. The average molecular weight is 398 g/mol. The van der Waals surface area contributed by atoms with E-state index in [0.717, 1.165) is 5.56 Å². The molecule has 1 saturated heterocycles. The van der Waals surface area contributed by atoms with Crippen LogP contribution in [0.4, 0.5) is 11.4 Å². The van der Waals surface area contributed by atoms with Crippen LogP contribution in [0, 0.1) is 17.0 Å². The van der Waals surface area contributed by atoms with Gasteiger partial charge >= 0.3 is 0 Å². The highest BCUT2D eigenvalue weighted by molar-refractivity contribution is 5.85. The number of ether oxygens (including phenoxy) is 2. The summed E-state index contributed by atoms with van der Waals surface area (Å²) in [6, 6.07) is 12.2. The second-order valence-electron chi connectivity index (χ2n) is 6.50. The molecular formula is C20H22N4O5. The third-order valence-corrected chi connectivity index (χ3v) is 4.31. The van der Waals surface area contributed by atoms with Crippen LogP contribution < -0.4 is 15.1 Å². The first kappa shape index (κ1) is 20.3. The molecule has 1 heterocycles. The number of hydrazone groups is 1. The first-order valence-corrected chi connectivity index (χ1v) is 9.15. The molecule has 1 aliphatic heterocycles. The van der Waals surface area contributed by atoms with Gasteiger partial charge in [0.15, 0.2) is 6.61 Å². The fraction of sp³-hybridized carbons (Fsp3) is 0.300. The molecule has 0 aliphatic carbocycles. The number of carbonyl (C=O) groups excluding carboxylic acids is 1. The van der Waals surface area contributed by atoms with Crippen LogP contribution in [-0.4, -0.2) is 50.0 Å². The summed E-state index contributed by atoms with van der Waals surface area (Å²) in [7, 11) is 0. The summed E-state index contributed by atoms with van der Waals surface area (Å²) in [5.41, 5.74) is 4.43. The lowest BCUT2D eigenvalue weighted by Crippen LogP contribution is -2.36. The van der Waals surface area contributed by atoms with Gasteiger partial charge in [0.25, 0.3) is 11.6 Å². The zero-order valence-corrected chi connectivity index (χ0v) is 16.0. The van der Waals surface area contributed by atoms with E-state index in [0.29, 0.717) is 43.3 Å². The van der Waals surface area contributed by atoms with Crippen molar-refractivity contribution < 1.29 is 19.2 Å². The van der Waals surface area contributed by atoms with Gasteiger partial charge in [0.1, 0.15) is 11.4 Å². The van der Waals surface area contributed by atoms with Gasteiger partial charge in [-0.3, -0.25) is 14.9 Å². The lowest BCUT2D eigenvalue weighted by atomic mass is 10.1. The third kappa shape index (κ3) is 5.76. The number of rotatable bonds is 7. The lowest BCUT2D eigenvalue weighted by molar-refractivity contribution is -0.384. The van der Waals surface area contributed by atoms with Gasteiger partial charge in [0.2, 0.25) is 0 Å². The molecule has 1 N–H and O–H groups in total. The van der Waals surface area contributed by atoms with Crippen molar-refractivity contribution in [2.45, 2.75) is 6.92 Å². The second kappa shape index (κ2) is 9.65. The normalized spacial score (nSPS) is 14.0. The highest BCUT2D eigenvalue weighted by atomic mass is 16.6. The fourth-order valence-corrected chi connectivity index (χ4v) is 2.90. The van der Waals surface area contributed by atoms with Crippen LogP contribution in [0.2, 0.25) is 0 Å². The summed E-state index contributed by atoms with van der Waals surface area (Å²) in [5.74, 6) is 0.167. The minimum atomic E-state index is -0.429. The summed E-state index contributed by atoms with van der Waals surface area (Å²) in [6.07, 6.45) is 1.36. The van der Waals surface area contributed by atoms with Crippen LogP contribution in [0.1, 0.15) is 11.1 Å². The van der Waals surface area contributed by atoms with Gasteiger partial charge in [0, 0.05) is 24.7 Å². The number of morpholine rings is 1. The summed E-state index contributed by atoms with van der Waals surface area (Å²) >= 11 is 0. The van der Waals surface area contributed by atoms with E-state index in [9.17, 15) is 14.9 Å². The SMILES string of the molecule is Cc1cccc(OCC(=O)NN=Cc2ccc(N3CCOCC3)c([N+](=O)[O-])c2)c1.